The third kappa shape index (κ3) is 2.44. The van der Waals surface area contributed by atoms with Crippen molar-refractivity contribution in [1.29, 1.82) is 0 Å². The molecule has 6 nitrogen and oxygen atoms in total. The number of rotatable bonds is 2. The van der Waals surface area contributed by atoms with Gasteiger partial charge in [0.1, 0.15) is 5.69 Å². The molecule has 1 aromatic carbocycles. The zero-order valence-corrected chi connectivity index (χ0v) is 13.6. The highest BCUT2D eigenvalue weighted by Crippen LogP contribution is 2.29. The predicted octanol–water partition coefficient (Wildman–Crippen LogP) is 2.77. The van der Waals surface area contributed by atoms with Gasteiger partial charge in [0.25, 0.3) is 5.91 Å². The first-order chi connectivity index (χ1) is 11.6. The van der Waals surface area contributed by atoms with E-state index in [0.29, 0.717) is 11.8 Å². The Balaban J connectivity index is 1.50. The van der Waals surface area contributed by atoms with E-state index in [1.165, 1.54) is 0 Å². The van der Waals surface area contributed by atoms with Crippen molar-refractivity contribution in [2.45, 2.75) is 18.8 Å². The van der Waals surface area contributed by atoms with Gasteiger partial charge in [0.05, 0.1) is 5.69 Å². The summed E-state index contributed by atoms with van der Waals surface area (Å²) in [4.78, 5) is 14.8. The molecule has 124 valence electrons. The van der Waals surface area contributed by atoms with E-state index in [9.17, 15) is 4.79 Å². The van der Waals surface area contributed by atoms with E-state index >= 15 is 0 Å². The third-order valence-corrected chi connectivity index (χ3v) is 4.92. The molecule has 0 bridgehead atoms. The molecule has 0 aliphatic carbocycles. The van der Waals surface area contributed by atoms with Gasteiger partial charge in [-0.3, -0.25) is 4.79 Å². The number of amides is 1. The number of hydrogen-bond acceptors (Lipinski definition) is 4. The van der Waals surface area contributed by atoms with Crippen molar-refractivity contribution >= 4 is 22.7 Å². The molecule has 0 radical (unpaired) electrons. The summed E-state index contributed by atoms with van der Waals surface area (Å²) in [6.07, 6.45) is 1.75. The summed E-state index contributed by atoms with van der Waals surface area (Å²) < 4.78 is 6.93. The van der Waals surface area contributed by atoms with Gasteiger partial charge in [-0.1, -0.05) is 23.4 Å². The molecule has 1 saturated heterocycles. The molecule has 1 aliphatic heterocycles. The monoisotopic (exact) mass is 324 g/mol. The second-order valence-electron chi connectivity index (χ2n) is 6.37. The minimum Gasteiger partial charge on any atom is -0.368 e. The first-order valence-corrected chi connectivity index (χ1v) is 8.19. The zero-order valence-electron chi connectivity index (χ0n) is 13.6. The normalized spacial score (nSPS) is 16.0. The molecule has 0 atom stereocenters. The Morgan fingerprint density at radius 2 is 2.00 bits per heavy atom. The zero-order chi connectivity index (χ0) is 16.7. The molecule has 2 aromatic heterocycles. The molecule has 24 heavy (non-hydrogen) atoms. The van der Waals surface area contributed by atoms with Crippen LogP contribution in [0.15, 0.2) is 40.9 Å². The number of fused-ring (bicyclic) bond motifs is 1. The summed E-state index contributed by atoms with van der Waals surface area (Å²) in [5.74, 6) is 0.744. The highest BCUT2D eigenvalue weighted by Gasteiger charge is 2.27. The van der Waals surface area contributed by atoms with E-state index in [2.05, 4.69) is 5.16 Å². The lowest BCUT2D eigenvalue weighted by Gasteiger charge is -2.31. The average molecular weight is 324 g/mol. The predicted molar refractivity (Wildman–Crippen MR) is 91.7 cm³/mol. The highest BCUT2D eigenvalue weighted by atomic mass is 16.5. The molecule has 1 fully saturated rings. The summed E-state index contributed by atoms with van der Waals surface area (Å²) in [5, 5.41) is 5.10. The smallest absolute Gasteiger partial charge is 0.270 e. The summed E-state index contributed by atoms with van der Waals surface area (Å²) in [7, 11) is 1.94. The number of hydrogen-bond donors (Lipinski definition) is 1. The SMILES string of the molecule is Cn1c(C(=O)N2CCC(c3cc(N)on3)CC2)cc2ccccc21. The van der Waals surface area contributed by atoms with Gasteiger partial charge in [0.2, 0.25) is 5.88 Å². The molecule has 0 spiro atoms. The summed E-state index contributed by atoms with van der Waals surface area (Å²) in [6.45, 7) is 1.44. The van der Waals surface area contributed by atoms with Crippen LogP contribution < -0.4 is 5.73 Å². The molecule has 3 heterocycles. The van der Waals surface area contributed by atoms with Crippen LogP contribution in [0.5, 0.6) is 0 Å². The first-order valence-electron chi connectivity index (χ1n) is 8.19. The van der Waals surface area contributed by atoms with Crippen LogP contribution in [0.3, 0.4) is 0 Å². The van der Waals surface area contributed by atoms with Crippen LogP contribution in [-0.2, 0) is 7.05 Å². The summed E-state index contributed by atoms with van der Waals surface area (Å²) >= 11 is 0. The van der Waals surface area contributed by atoms with Crippen LogP contribution in [-0.4, -0.2) is 33.6 Å². The largest absolute Gasteiger partial charge is 0.368 e. The van der Waals surface area contributed by atoms with Crippen LogP contribution in [0.4, 0.5) is 5.88 Å². The van der Waals surface area contributed by atoms with E-state index in [4.69, 9.17) is 10.3 Å². The van der Waals surface area contributed by atoms with E-state index in [0.717, 1.165) is 48.2 Å². The molecule has 3 aromatic rings. The number of nitrogens with zero attached hydrogens (tertiary/aromatic N) is 3. The van der Waals surface area contributed by atoms with Crippen molar-refractivity contribution in [2.75, 3.05) is 18.8 Å². The molecule has 4 rings (SSSR count). The van der Waals surface area contributed by atoms with Crippen LogP contribution in [0.2, 0.25) is 0 Å². The average Bonchev–Trinajstić information content (AvgIpc) is 3.19. The van der Waals surface area contributed by atoms with Gasteiger partial charge >= 0.3 is 0 Å². The van der Waals surface area contributed by atoms with Crippen molar-refractivity contribution in [3.05, 3.63) is 47.8 Å². The molecule has 1 amide bonds. The number of nitrogen functional groups attached to an aromatic ring is 1. The standard InChI is InChI=1S/C18H20N4O2/c1-21-15-5-3-2-4-13(15)10-16(21)18(23)22-8-6-12(7-9-22)14-11-17(19)24-20-14/h2-5,10-12H,6-9,19H2,1H3. The van der Waals surface area contributed by atoms with Gasteiger partial charge in [-0.15, -0.1) is 0 Å². The summed E-state index contributed by atoms with van der Waals surface area (Å²) in [5.41, 5.74) is 8.30. The van der Waals surface area contributed by atoms with Crippen molar-refractivity contribution in [2.24, 2.45) is 7.05 Å². The number of nitrogens with two attached hydrogens (primary N) is 1. The van der Waals surface area contributed by atoms with Crippen LogP contribution >= 0.6 is 0 Å². The van der Waals surface area contributed by atoms with Gasteiger partial charge in [-0.2, -0.15) is 0 Å². The maximum atomic E-state index is 12.9. The Morgan fingerprint density at radius 3 is 2.67 bits per heavy atom. The fourth-order valence-corrected chi connectivity index (χ4v) is 3.53. The minimum absolute atomic E-state index is 0.0896. The maximum Gasteiger partial charge on any atom is 0.270 e. The van der Waals surface area contributed by atoms with Gasteiger partial charge in [-0.25, -0.2) is 0 Å². The van der Waals surface area contributed by atoms with Crippen LogP contribution in [0.1, 0.15) is 34.9 Å². The summed E-state index contributed by atoms with van der Waals surface area (Å²) in [6, 6.07) is 11.8. The molecular weight excluding hydrogens is 304 g/mol. The molecule has 2 N–H and O–H groups in total. The molecule has 0 unspecified atom stereocenters. The second-order valence-corrected chi connectivity index (χ2v) is 6.37. The van der Waals surface area contributed by atoms with Gasteiger partial charge < -0.3 is 19.7 Å². The quantitative estimate of drug-likeness (QED) is 0.786. The third-order valence-electron chi connectivity index (χ3n) is 4.92. The number of aryl methyl sites for hydroxylation is 1. The van der Waals surface area contributed by atoms with Gasteiger partial charge in [0.15, 0.2) is 0 Å². The van der Waals surface area contributed by atoms with Crippen molar-refractivity contribution < 1.29 is 9.32 Å². The van der Waals surface area contributed by atoms with Gasteiger partial charge in [0, 0.05) is 43.0 Å². The Bertz CT molecular complexity index is 887. The Hall–Kier alpha value is -2.76. The number of benzene rings is 1. The Morgan fingerprint density at radius 1 is 1.25 bits per heavy atom. The van der Waals surface area contributed by atoms with E-state index < -0.39 is 0 Å². The number of carbonyl (C=O) groups excluding carboxylic acids is 1. The molecule has 0 saturated carbocycles. The van der Waals surface area contributed by atoms with Crippen LogP contribution in [0.25, 0.3) is 10.9 Å². The van der Waals surface area contributed by atoms with E-state index in [-0.39, 0.29) is 5.91 Å². The lowest BCUT2D eigenvalue weighted by atomic mass is 9.93. The van der Waals surface area contributed by atoms with E-state index in [1.807, 2.05) is 46.8 Å². The maximum absolute atomic E-state index is 12.9. The molecule has 6 heteroatoms. The number of aromatic nitrogens is 2. The number of anilines is 1. The van der Waals surface area contributed by atoms with Crippen molar-refractivity contribution in [3.63, 3.8) is 0 Å². The number of para-hydroxylation sites is 1. The van der Waals surface area contributed by atoms with Crippen molar-refractivity contribution in [3.8, 4) is 0 Å². The Kier molecular flexibility index (Phi) is 3.52. The molecular formula is C18H20N4O2. The minimum atomic E-state index is 0.0896. The van der Waals surface area contributed by atoms with E-state index in [1.54, 1.807) is 6.07 Å². The van der Waals surface area contributed by atoms with Gasteiger partial charge in [-0.05, 0) is 25.0 Å². The fraction of sp³-hybridized carbons (Fsp3) is 0.333. The topological polar surface area (TPSA) is 77.3 Å². The number of piperidine rings is 1. The van der Waals surface area contributed by atoms with Crippen molar-refractivity contribution in [1.82, 2.24) is 14.6 Å². The fourth-order valence-electron chi connectivity index (χ4n) is 3.53. The highest BCUT2D eigenvalue weighted by molar-refractivity contribution is 5.98. The number of carbonyl (C=O) groups is 1. The Labute approximate surface area is 139 Å². The number of likely N-dealkylation sites (tertiary alicyclic amines) is 1. The first kappa shape index (κ1) is 14.8. The molecule has 1 aliphatic rings. The lowest BCUT2D eigenvalue weighted by Crippen LogP contribution is -2.38. The second kappa shape index (κ2) is 5.70. The lowest BCUT2D eigenvalue weighted by molar-refractivity contribution is 0.0702. The van der Waals surface area contributed by atoms with Crippen LogP contribution in [0, 0.1) is 0 Å².